The van der Waals surface area contributed by atoms with Crippen LogP contribution in [0.4, 0.5) is 0 Å². The molecule has 3 heteroatoms. The minimum atomic E-state index is 0.639. The molecule has 1 atom stereocenters. The smallest absolute Gasteiger partial charge is 0.0717 e. The quantitative estimate of drug-likeness (QED) is 0.757. The van der Waals surface area contributed by atoms with E-state index in [4.69, 9.17) is 16.3 Å². The van der Waals surface area contributed by atoms with Gasteiger partial charge in [0.15, 0.2) is 0 Å². The van der Waals surface area contributed by atoms with Crippen LogP contribution in [0, 0.1) is 5.92 Å². The number of benzene rings is 2. The maximum Gasteiger partial charge on any atom is 0.0717 e. The van der Waals surface area contributed by atoms with Crippen molar-refractivity contribution in [2.45, 2.75) is 26.0 Å². The van der Waals surface area contributed by atoms with Gasteiger partial charge in [-0.15, -0.1) is 0 Å². The molecule has 0 saturated carbocycles. The van der Waals surface area contributed by atoms with Gasteiger partial charge in [-0.1, -0.05) is 54.1 Å². The third kappa shape index (κ3) is 5.35. The van der Waals surface area contributed by atoms with E-state index in [-0.39, 0.29) is 0 Å². The predicted octanol–water partition coefficient (Wildman–Crippen LogP) is 4.77. The van der Waals surface area contributed by atoms with Gasteiger partial charge in [-0.25, -0.2) is 0 Å². The molecular formula is C20H24ClNO. The molecule has 1 fully saturated rings. The summed E-state index contributed by atoms with van der Waals surface area (Å²) < 4.78 is 5.93. The highest BCUT2D eigenvalue weighted by Crippen LogP contribution is 2.20. The Balaban J connectivity index is 1.43. The average molecular weight is 330 g/mol. The molecule has 0 unspecified atom stereocenters. The van der Waals surface area contributed by atoms with Gasteiger partial charge in [0.05, 0.1) is 13.2 Å². The minimum Gasteiger partial charge on any atom is -0.376 e. The standard InChI is InChI=1S/C20H24ClNO/c21-20-10-8-17(9-11-20)13-22-12-4-7-19(14-22)16-23-15-18-5-2-1-3-6-18/h1-3,5-6,8-11,19H,4,7,12-16H2/t19-/m1/s1. The molecule has 2 nitrogen and oxygen atoms in total. The van der Waals surface area contributed by atoms with Crippen LogP contribution in [0.3, 0.4) is 0 Å². The summed E-state index contributed by atoms with van der Waals surface area (Å²) >= 11 is 5.96. The molecule has 0 amide bonds. The zero-order chi connectivity index (χ0) is 15.9. The monoisotopic (exact) mass is 329 g/mol. The number of piperidine rings is 1. The first kappa shape index (κ1) is 16.5. The number of likely N-dealkylation sites (tertiary alicyclic amines) is 1. The van der Waals surface area contributed by atoms with Crippen LogP contribution >= 0.6 is 11.6 Å². The van der Waals surface area contributed by atoms with Crippen LogP contribution in [0.15, 0.2) is 54.6 Å². The van der Waals surface area contributed by atoms with Gasteiger partial charge in [0.2, 0.25) is 0 Å². The van der Waals surface area contributed by atoms with Gasteiger partial charge >= 0.3 is 0 Å². The van der Waals surface area contributed by atoms with Crippen molar-refractivity contribution >= 4 is 11.6 Å². The van der Waals surface area contributed by atoms with Gasteiger partial charge in [-0.3, -0.25) is 4.90 Å². The van der Waals surface area contributed by atoms with E-state index in [1.807, 2.05) is 18.2 Å². The van der Waals surface area contributed by atoms with Gasteiger partial charge in [0, 0.05) is 18.1 Å². The summed E-state index contributed by atoms with van der Waals surface area (Å²) in [7, 11) is 0. The Morgan fingerprint density at radius 3 is 2.57 bits per heavy atom. The lowest BCUT2D eigenvalue weighted by molar-refractivity contribution is 0.0497. The Hall–Kier alpha value is -1.35. The van der Waals surface area contributed by atoms with Crippen molar-refractivity contribution in [2.24, 2.45) is 5.92 Å². The summed E-state index contributed by atoms with van der Waals surface area (Å²) in [4.78, 5) is 2.53. The highest BCUT2D eigenvalue weighted by atomic mass is 35.5. The molecule has 0 aromatic heterocycles. The fourth-order valence-corrected chi connectivity index (χ4v) is 3.32. The Labute approximate surface area is 144 Å². The number of hydrogen-bond acceptors (Lipinski definition) is 2. The Morgan fingerprint density at radius 1 is 1.00 bits per heavy atom. The summed E-state index contributed by atoms with van der Waals surface area (Å²) in [6.45, 7) is 4.88. The van der Waals surface area contributed by atoms with Gasteiger partial charge in [-0.2, -0.15) is 0 Å². The van der Waals surface area contributed by atoms with Crippen LogP contribution in [0.1, 0.15) is 24.0 Å². The predicted molar refractivity (Wildman–Crippen MR) is 95.6 cm³/mol. The molecule has 1 aliphatic rings. The van der Waals surface area contributed by atoms with E-state index in [0.717, 1.165) is 24.7 Å². The van der Waals surface area contributed by atoms with Crippen molar-refractivity contribution in [3.05, 3.63) is 70.7 Å². The third-order valence-electron chi connectivity index (χ3n) is 4.39. The van der Waals surface area contributed by atoms with Crippen molar-refractivity contribution in [3.63, 3.8) is 0 Å². The molecule has 0 radical (unpaired) electrons. The molecule has 23 heavy (non-hydrogen) atoms. The Bertz CT molecular complexity index is 584. The van der Waals surface area contributed by atoms with E-state index in [9.17, 15) is 0 Å². The lowest BCUT2D eigenvalue weighted by atomic mass is 9.98. The van der Waals surface area contributed by atoms with Gasteiger partial charge in [0.1, 0.15) is 0 Å². The largest absolute Gasteiger partial charge is 0.376 e. The molecule has 1 saturated heterocycles. The lowest BCUT2D eigenvalue weighted by Crippen LogP contribution is -2.36. The maximum atomic E-state index is 5.96. The first-order valence-electron chi connectivity index (χ1n) is 8.38. The maximum absolute atomic E-state index is 5.96. The SMILES string of the molecule is Clc1ccc(CN2CCC[C@@H](COCc3ccccc3)C2)cc1. The summed E-state index contributed by atoms with van der Waals surface area (Å²) in [5.74, 6) is 0.639. The fourth-order valence-electron chi connectivity index (χ4n) is 3.20. The molecule has 1 heterocycles. The number of ether oxygens (including phenoxy) is 1. The van der Waals surface area contributed by atoms with Crippen LogP contribution in [0.5, 0.6) is 0 Å². The van der Waals surface area contributed by atoms with Crippen LogP contribution in [-0.2, 0) is 17.9 Å². The second kappa shape index (κ2) is 8.49. The van der Waals surface area contributed by atoms with Crippen LogP contribution in [-0.4, -0.2) is 24.6 Å². The van der Waals surface area contributed by atoms with Crippen molar-refractivity contribution < 1.29 is 4.74 Å². The lowest BCUT2D eigenvalue weighted by Gasteiger charge is -2.32. The summed E-state index contributed by atoms with van der Waals surface area (Å²) in [5.41, 5.74) is 2.58. The van der Waals surface area contributed by atoms with Crippen molar-refractivity contribution in [2.75, 3.05) is 19.7 Å². The van der Waals surface area contributed by atoms with Crippen LogP contribution in [0.2, 0.25) is 5.02 Å². The molecule has 3 rings (SSSR count). The topological polar surface area (TPSA) is 12.5 Å². The molecule has 2 aromatic carbocycles. The van der Waals surface area contributed by atoms with Gasteiger partial charge in [0.25, 0.3) is 0 Å². The number of nitrogens with zero attached hydrogens (tertiary/aromatic N) is 1. The van der Waals surface area contributed by atoms with Gasteiger partial charge in [-0.05, 0) is 48.6 Å². The van der Waals surface area contributed by atoms with Crippen molar-refractivity contribution in [1.82, 2.24) is 4.90 Å². The van der Waals surface area contributed by atoms with Gasteiger partial charge < -0.3 is 4.74 Å². The second-order valence-electron chi connectivity index (χ2n) is 6.37. The van der Waals surface area contributed by atoms with E-state index in [1.165, 1.54) is 30.5 Å². The highest BCUT2D eigenvalue weighted by Gasteiger charge is 2.20. The number of halogens is 1. The van der Waals surface area contributed by atoms with Crippen LogP contribution in [0.25, 0.3) is 0 Å². The summed E-state index contributed by atoms with van der Waals surface area (Å²) in [6.07, 6.45) is 2.53. The van der Waals surface area contributed by atoms with E-state index >= 15 is 0 Å². The first-order valence-corrected chi connectivity index (χ1v) is 8.76. The summed E-state index contributed by atoms with van der Waals surface area (Å²) in [5, 5.41) is 0.805. The number of rotatable bonds is 6. The Kier molecular flexibility index (Phi) is 6.09. The first-order chi connectivity index (χ1) is 11.3. The highest BCUT2D eigenvalue weighted by molar-refractivity contribution is 6.30. The van der Waals surface area contributed by atoms with Crippen molar-refractivity contribution in [1.29, 1.82) is 0 Å². The second-order valence-corrected chi connectivity index (χ2v) is 6.81. The summed E-state index contributed by atoms with van der Waals surface area (Å²) in [6, 6.07) is 18.6. The minimum absolute atomic E-state index is 0.639. The molecular weight excluding hydrogens is 306 g/mol. The molecule has 0 N–H and O–H groups in total. The normalized spacial score (nSPS) is 18.9. The van der Waals surface area contributed by atoms with E-state index in [0.29, 0.717) is 12.5 Å². The zero-order valence-electron chi connectivity index (χ0n) is 13.5. The zero-order valence-corrected chi connectivity index (χ0v) is 14.2. The third-order valence-corrected chi connectivity index (χ3v) is 4.64. The van der Waals surface area contributed by atoms with Crippen molar-refractivity contribution in [3.8, 4) is 0 Å². The average Bonchev–Trinajstić information content (AvgIpc) is 2.58. The number of hydrogen-bond donors (Lipinski definition) is 0. The molecule has 0 spiro atoms. The molecule has 0 aliphatic carbocycles. The van der Waals surface area contributed by atoms with Crippen LogP contribution < -0.4 is 0 Å². The molecule has 0 bridgehead atoms. The molecule has 122 valence electrons. The molecule has 2 aromatic rings. The van der Waals surface area contributed by atoms with E-state index in [1.54, 1.807) is 0 Å². The van der Waals surface area contributed by atoms with E-state index in [2.05, 4.69) is 41.3 Å². The molecule has 1 aliphatic heterocycles. The Morgan fingerprint density at radius 2 is 1.78 bits per heavy atom. The fraction of sp³-hybridized carbons (Fsp3) is 0.400. The van der Waals surface area contributed by atoms with E-state index < -0.39 is 0 Å².